The third-order valence-electron chi connectivity index (χ3n) is 8.24. The molecule has 0 heterocycles. The molecule has 0 radical (unpaired) electrons. The monoisotopic (exact) mass is 314 g/mol. The zero-order valence-corrected chi connectivity index (χ0v) is 14.7. The molecule has 23 heavy (non-hydrogen) atoms. The van der Waals surface area contributed by atoms with Gasteiger partial charge in [0.05, 0.1) is 0 Å². The van der Waals surface area contributed by atoms with Gasteiger partial charge >= 0.3 is 0 Å². The van der Waals surface area contributed by atoms with Crippen molar-refractivity contribution >= 4 is 5.78 Å². The van der Waals surface area contributed by atoms with Crippen LogP contribution in [-0.4, -0.2) is 17.0 Å². The first kappa shape index (κ1) is 15.6. The maximum Gasteiger partial charge on any atom is 0.184 e. The summed E-state index contributed by atoms with van der Waals surface area (Å²) < 4.78 is 0. The molecule has 2 nitrogen and oxygen atoms in total. The van der Waals surface area contributed by atoms with Crippen LogP contribution in [0.4, 0.5) is 0 Å². The number of carbonyl (C=O) groups is 1. The number of fused-ring (bicyclic) bond motifs is 5. The van der Waals surface area contributed by atoms with E-state index in [4.69, 9.17) is 0 Å². The van der Waals surface area contributed by atoms with Gasteiger partial charge in [0.2, 0.25) is 0 Å². The minimum atomic E-state index is -0.795. The van der Waals surface area contributed by atoms with Crippen molar-refractivity contribution in [3.05, 3.63) is 23.8 Å². The summed E-state index contributed by atoms with van der Waals surface area (Å²) in [5, 5.41) is 10.2. The van der Waals surface area contributed by atoms with E-state index in [1.165, 1.54) is 37.7 Å². The Labute approximate surface area is 140 Å². The van der Waals surface area contributed by atoms with Gasteiger partial charge in [-0.2, -0.15) is 0 Å². The molecule has 4 aliphatic rings. The van der Waals surface area contributed by atoms with E-state index >= 15 is 0 Å². The highest BCUT2D eigenvalue weighted by Crippen LogP contribution is 2.65. The number of aliphatic hydroxyl groups is 1. The number of carbonyl (C=O) groups excluding carboxylic acids is 1. The van der Waals surface area contributed by atoms with Crippen molar-refractivity contribution in [2.75, 3.05) is 0 Å². The van der Waals surface area contributed by atoms with Gasteiger partial charge in [-0.1, -0.05) is 39.3 Å². The zero-order chi connectivity index (χ0) is 16.4. The average molecular weight is 314 g/mol. The molecule has 1 N–H and O–H groups in total. The predicted octanol–water partition coefficient (Wildman–Crippen LogP) is 4.29. The summed E-state index contributed by atoms with van der Waals surface area (Å²) in [6, 6.07) is 0. The largest absolute Gasteiger partial charge is 0.385 e. The Balaban J connectivity index is 1.73. The van der Waals surface area contributed by atoms with Gasteiger partial charge in [-0.15, -0.1) is 0 Å². The number of hydrogen-bond acceptors (Lipinski definition) is 2. The Morgan fingerprint density at radius 2 is 2.00 bits per heavy atom. The summed E-state index contributed by atoms with van der Waals surface area (Å²) in [7, 11) is 0. The minimum Gasteiger partial charge on any atom is -0.385 e. The number of hydrogen-bond donors (Lipinski definition) is 1. The van der Waals surface area contributed by atoms with Crippen LogP contribution in [0.3, 0.4) is 0 Å². The molecule has 0 spiro atoms. The molecule has 0 aromatic rings. The van der Waals surface area contributed by atoms with E-state index in [-0.39, 0.29) is 11.2 Å². The SMILES string of the molecule is CC[C@H]1CC[C@H]2[C@@H]3C=CC4=CC(=O)C(O)C[C@]4(C)[C@H]3CC[C@]12C. The summed E-state index contributed by atoms with van der Waals surface area (Å²) in [6.45, 7) is 7.19. The Morgan fingerprint density at radius 1 is 1.22 bits per heavy atom. The van der Waals surface area contributed by atoms with Crippen LogP contribution in [0.5, 0.6) is 0 Å². The van der Waals surface area contributed by atoms with E-state index in [9.17, 15) is 9.90 Å². The Bertz CT molecular complexity index is 589. The maximum absolute atomic E-state index is 11.9. The van der Waals surface area contributed by atoms with E-state index in [0.717, 1.165) is 11.8 Å². The van der Waals surface area contributed by atoms with Crippen molar-refractivity contribution in [1.82, 2.24) is 0 Å². The van der Waals surface area contributed by atoms with Crippen LogP contribution in [-0.2, 0) is 4.79 Å². The van der Waals surface area contributed by atoms with Crippen LogP contribution in [0.1, 0.15) is 59.3 Å². The van der Waals surface area contributed by atoms with Gasteiger partial charge in [-0.25, -0.2) is 0 Å². The average Bonchev–Trinajstić information content (AvgIpc) is 2.85. The summed E-state index contributed by atoms with van der Waals surface area (Å²) >= 11 is 0. The fourth-order valence-electron chi connectivity index (χ4n) is 6.84. The van der Waals surface area contributed by atoms with Gasteiger partial charge in [0.25, 0.3) is 0 Å². The molecule has 1 unspecified atom stereocenters. The van der Waals surface area contributed by atoms with Gasteiger partial charge in [-0.05, 0) is 78.3 Å². The van der Waals surface area contributed by atoms with Crippen molar-refractivity contribution < 1.29 is 9.90 Å². The van der Waals surface area contributed by atoms with Crippen molar-refractivity contribution in [3.8, 4) is 0 Å². The molecule has 7 atom stereocenters. The third kappa shape index (κ3) is 2.00. The molecule has 0 amide bonds. The lowest BCUT2D eigenvalue weighted by atomic mass is 9.48. The summed E-state index contributed by atoms with van der Waals surface area (Å²) in [5.41, 5.74) is 1.65. The van der Waals surface area contributed by atoms with Crippen molar-refractivity contribution in [1.29, 1.82) is 0 Å². The first-order chi connectivity index (χ1) is 10.9. The Morgan fingerprint density at radius 3 is 2.74 bits per heavy atom. The third-order valence-corrected chi connectivity index (χ3v) is 8.24. The van der Waals surface area contributed by atoms with E-state index in [0.29, 0.717) is 23.7 Å². The van der Waals surface area contributed by atoms with Gasteiger partial charge in [0, 0.05) is 0 Å². The van der Waals surface area contributed by atoms with E-state index in [1.54, 1.807) is 6.08 Å². The molecule has 0 aliphatic heterocycles. The van der Waals surface area contributed by atoms with E-state index in [2.05, 4.69) is 32.9 Å². The lowest BCUT2D eigenvalue weighted by Crippen LogP contribution is -2.50. The predicted molar refractivity (Wildman–Crippen MR) is 91.8 cm³/mol. The van der Waals surface area contributed by atoms with E-state index < -0.39 is 6.10 Å². The van der Waals surface area contributed by atoms with Crippen LogP contribution in [0.15, 0.2) is 23.8 Å². The molecule has 2 saturated carbocycles. The number of aliphatic hydroxyl groups excluding tert-OH is 1. The second-order valence-corrected chi connectivity index (χ2v) is 9.02. The molecule has 0 aromatic heterocycles. The van der Waals surface area contributed by atoms with Gasteiger partial charge < -0.3 is 5.11 Å². The highest BCUT2D eigenvalue weighted by molar-refractivity contribution is 5.95. The molecule has 126 valence electrons. The summed E-state index contributed by atoms with van der Waals surface area (Å²) in [6.07, 6.45) is 12.8. The van der Waals surface area contributed by atoms with Crippen LogP contribution >= 0.6 is 0 Å². The van der Waals surface area contributed by atoms with Gasteiger partial charge in [0.1, 0.15) is 6.10 Å². The molecule has 0 aromatic carbocycles. The Kier molecular flexibility index (Phi) is 3.43. The van der Waals surface area contributed by atoms with Crippen LogP contribution < -0.4 is 0 Å². The quantitative estimate of drug-likeness (QED) is 0.784. The highest BCUT2D eigenvalue weighted by Gasteiger charge is 2.58. The van der Waals surface area contributed by atoms with Crippen LogP contribution in [0.25, 0.3) is 0 Å². The molecule has 2 heteroatoms. The maximum atomic E-state index is 11.9. The van der Waals surface area contributed by atoms with Crippen LogP contribution in [0.2, 0.25) is 0 Å². The lowest BCUT2D eigenvalue weighted by molar-refractivity contribution is -0.126. The molecule has 4 rings (SSSR count). The molecule has 0 bridgehead atoms. The molecule has 4 aliphatic carbocycles. The smallest absolute Gasteiger partial charge is 0.184 e. The normalized spacial score (nSPS) is 51.7. The second kappa shape index (κ2) is 5.05. The molecular formula is C21H30O2. The fourth-order valence-corrected chi connectivity index (χ4v) is 6.84. The Hall–Kier alpha value is -0.890. The molecule has 0 saturated heterocycles. The van der Waals surface area contributed by atoms with Crippen molar-refractivity contribution in [2.24, 2.45) is 34.5 Å². The number of allylic oxidation sites excluding steroid dienone is 3. The fraction of sp³-hybridized carbons (Fsp3) is 0.762. The zero-order valence-electron chi connectivity index (χ0n) is 14.7. The summed E-state index contributed by atoms with van der Waals surface area (Å²) in [5.74, 6) is 2.79. The second-order valence-electron chi connectivity index (χ2n) is 9.02. The first-order valence-electron chi connectivity index (χ1n) is 9.52. The number of ketones is 1. The first-order valence-corrected chi connectivity index (χ1v) is 9.52. The highest BCUT2D eigenvalue weighted by atomic mass is 16.3. The van der Waals surface area contributed by atoms with Crippen molar-refractivity contribution in [2.45, 2.75) is 65.4 Å². The van der Waals surface area contributed by atoms with Crippen LogP contribution in [0, 0.1) is 34.5 Å². The van der Waals surface area contributed by atoms with Crippen molar-refractivity contribution in [3.63, 3.8) is 0 Å². The van der Waals surface area contributed by atoms with E-state index in [1.807, 2.05) is 0 Å². The number of rotatable bonds is 1. The van der Waals surface area contributed by atoms with Gasteiger partial charge in [0.15, 0.2) is 5.78 Å². The van der Waals surface area contributed by atoms with Gasteiger partial charge in [-0.3, -0.25) is 4.79 Å². The standard InChI is InChI=1S/C21H30O2/c1-4-13-6-8-16-15-7-5-14-11-18(22)19(23)12-21(14,3)17(15)9-10-20(13,16)2/h5,7,11,13,15-17,19,23H,4,6,8-10,12H2,1-3H3/t13-,15-,16-,17-,19?,20+,21-/m0/s1. The molecule has 2 fully saturated rings. The minimum absolute atomic E-state index is 0.0155. The summed E-state index contributed by atoms with van der Waals surface area (Å²) in [4.78, 5) is 11.9. The lowest BCUT2D eigenvalue weighted by Gasteiger charge is -2.56. The topological polar surface area (TPSA) is 37.3 Å². The molecular weight excluding hydrogens is 284 g/mol.